The van der Waals surface area contributed by atoms with Crippen molar-refractivity contribution in [3.63, 3.8) is 0 Å². The van der Waals surface area contributed by atoms with Gasteiger partial charge in [-0.05, 0) is 36.4 Å². The Bertz CT molecular complexity index is 1040. The third-order valence-electron chi connectivity index (χ3n) is 5.25. The van der Waals surface area contributed by atoms with Crippen LogP contribution in [0.3, 0.4) is 0 Å². The molecular formula is C24H16Br2N+. The first-order chi connectivity index (χ1) is 13.2. The molecule has 1 aliphatic rings. The van der Waals surface area contributed by atoms with Crippen LogP contribution in [0.5, 0.6) is 0 Å². The molecule has 0 saturated carbocycles. The Labute approximate surface area is 175 Å². The van der Waals surface area contributed by atoms with Crippen molar-refractivity contribution in [2.75, 3.05) is 0 Å². The lowest BCUT2D eigenvalue weighted by molar-refractivity contribution is 0.721. The number of hydrogen-bond donors (Lipinski definition) is 0. The van der Waals surface area contributed by atoms with Gasteiger partial charge in [-0.15, -0.1) is 0 Å². The second-order valence-corrected chi connectivity index (χ2v) is 8.49. The molecule has 0 bridgehead atoms. The number of rotatable bonds is 2. The molecule has 3 heteroatoms. The van der Waals surface area contributed by atoms with Gasteiger partial charge in [-0.3, -0.25) is 0 Å². The fraction of sp³-hybridized carbons (Fsp3) is 0. The zero-order chi connectivity index (χ0) is 18.4. The van der Waals surface area contributed by atoms with E-state index in [2.05, 4.69) is 129 Å². The first kappa shape index (κ1) is 16.9. The highest BCUT2D eigenvalue weighted by atomic mass is 79.9. The van der Waals surface area contributed by atoms with Crippen molar-refractivity contribution < 1.29 is 0 Å². The average Bonchev–Trinajstić information content (AvgIpc) is 3.01. The highest BCUT2D eigenvalue weighted by molar-refractivity contribution is 9.10. The minimum Gasteiger partial charge on any atom is -0.193 e. The minimum atomic E-state index is 0.590. The van der Waals surface area contributed by atoms with Crippen molar-refractivity contribution >= 4 is 54.6 Å². The molecule has 130 valence electrons. The normalized spacial score (nSPS) is 13.9. The fourth-order valence-corrected chi connectivity index (χ4v) is 4.68. The second kappa shape index (κ2) is 6.45. The summed E-state index contributed by atoms with van der Waals surface area (Å²) in [5.74, 6) is 0. The second-order valence-electron chi connectivity index (χ2n) is 6.66. The van der Waals surface area contributed by atoms with Crippen LogP contribution in [0.1, 0.15) is 0 Å². The molecule has 1 nitrogen and oxygen atoms in total. The summed E-state index contributed by atoms with van der Waals surface area (Å²) in [5, 5.41) is 0. The molecule has 0 N–H and O–H groups in total. The van der Waals surface area contributed by atoms with Gasteiger partial charge in [-0.1, -0.05) is 56.1 Å². The Morgan fingerprint density at radius 3 is 1.22 bits per heavy atom. The third-order valence-corrected chi connectivity index (χ3v) is 6.31. The van der Waals surface area contributed by atoms with Gasteiger partial charge in [-0.2, -0.15) is 4.48 Å². The van der Waals surface area contributed by atoms with E-state index in [9.17, 15) is 0 Å². The first-order valence-electron chi connectivity index (χ1n) is 8.82. The first-order valence-corrected chi connectivity index (χ1v) is 10.4. The molecule has 0 atom stereocenters. The Balaban J connectivity index is 1.94. The van der Waals surface area contributed by atoms with Crippen LogP contribution in [0.25, 0.3) is 11.1 Å². The van der Waals surface area contributed by atoms with Crippen molar-refractivity contribution in [2.24, 2.45) is 0 Å². The number of benzene rings is 4. The van der Waals surface area contributed by atoms with Gasteiger partial charge >= 0.3 is 0 Å². The minimum absolute atomic E-state index is 0.590. The summed E-state index contributed by atoms with van der Waals surface area (Å²) in [6, 6.07) is 34.8. The van der Waals surface area contributed by atoms with Crippen molar-refractivity contribution in [1.29, 1.82) is 0 Å². The quantitative estimate of drug-likeness (QED) is 0.223. The van der Waals surface area contributed by atoms with Gasteiger partial charge in [0.05, 0.1) is 11.1 Å². The topological polar surface area (TPSA) is 0 Å². The van der Waals surface area contributed by atoms with Crippen LogP contribution < -0.4 is 4.48 Å². The van der Waals surface area contributed by atoms with E-state index < -0.39 is 0 Å². The van der Waals surface area contributed by atoms with Crippen LogP contribution in [-0.4, -0.2) is 0 Å². The van der Waals surface area contributed by atoms with Crippen LogP contribution in [0, 0.1) is 0 Å². The molecule has 0 fully saturated rings. The lowest BCUT2D eigenvalue weighted by atomic mass is 10.1. The molecule has 0 amide bonds. The van der Waals surface area contributed by atoms with E-state index in [0.717, 1.165) is 8.95 Å². The molecule has 4 aromatic carbocycles. The molecule has 0 unspecified atom stereocenters. The Hall–Kier alpha value is -2.20. The average molecular weight is 478 g/mol. The molecule has 0 spiro atoms. The molecule has 0 aliphatic carbocycles. The van der Waals surface area contributed by atoms with E-state index in [1.807, 2.05) is 0 Å². The standard InChI is InChI=1S/C24H16Br2N/c25-17-9-13-19(14-10-17)27(20-15-11-18(26)12-16-20)23-7-3-1-5-21(23)22-6-2-4-8-24(22)27/h1-16H/q+1. The predicted molar refractivity (Wildman–Crippen MR) is 121 cm³/mol. The Morgan fingerprint density at radius 2 is 0.815 bits per heavy atom. The van der Waals surface area contributed by atoms with Gasteiger partial charge in [0.15, 0.2) is 11.4 Å². The number of hydrogen-bond acceptors (Lipinski definition) is 0. The van der Waals surface area contributed by atoms with Gasteiger partial charge < -0.3 is 0 Å². The summed E-state index contributed by atoms with van der Waals surface area (Å²) in [5.41, 5.74) is 7.58. The Morgan fingerprint density at radius 1 is 0.444 bits per heavy atom. The molecule has 5 rings (SSSR count). The number of fused-ring (bicyclic) bond motifs is 3. The van der Waals surface area contributed by atoms with Crippen molar-refractivity contribution in [3.05, 3.63) is 106 Å². The lowest BCUT2D eigenvalue weighted by Crippen LogP contribution is -2.31. The smallest absolute Gasteiger partial charge is 0.156 e. The summed E-state index contributed by atoms with van der Waals surface area (Å²) >= 11 is 7.18. The van der Waals surface area contributed by atoms with Gasteiger partial charge in [0, 0.05) is 45.3 Å². The Kier molecular flexibility index (Phi) is 4.05. The van der Waals surface area contributed by atoms with Crippen LogP contribution in [0.15, 0.2) is 106 Å². The van der Waals surface area contributed by atoms with E-state index in [0.29, 0.717) is 4.48 Å². The SMILES string of the molecule is Brc1ccc([N+]2(c3ccc(Br)cc3)c3ccccc3-c3ccccc32)cc1. The molecular weight excluding hydrogens is 462 g/mol. The maximum absolute atomic E-state index is 3.59. The summed E-state index contributed by atoms with van der Waals surface area (Å²) in [6.07, 6.45) is 0. The largest absolute Gasteiger partial charge is 0.193 e. The maximum atomic E-state index is 3.59. The molecule has 0 saturated heterocycles. The molecule has 0 aromatic heterocycles. The highest BCUT2D eigenvalue weighted by Crippen LogP contribution is 2.62. The summed E-state index contributed by atoms with van der Waals surface area (Å²) < 4.78 is 2.76. The molecule has 27 heavy (non-hydrogen) atoms. The summed E-state index contributed by atoms with van der Waals surface area (Å²) in [4.78, 5) is 0. The van der Waals surface area contributed by atoms with Crippen molar-refractivity contribution in [2.45, 2.75) is 0 Å². The monoisotopic (exact) mass is 476 g/mol. The lowest BCUT2D eigenvalue weighted by Gasteiger charge is -2.34. The molecule has 0 radical (unpaired) electrons. The van der Waals surface area contributed by atoms with E-state index in [-0.39, 0.29) is 0 Å². The van der Waals surface area contributed by atoms with Gasteiger partial charge in [-0.25, -0.2) is 0 Å². The van der Waals surface area contributed by atoms with Crippen LogP contribution >= 0.6 is 31.9 Å². The number of nitrogens with zero attached hydrogens (tertiary/aromatic N) is 1. The summed E-state index contributed by atoms with van der Waals surface area (Å²) in [7, 11) is 0. The number of quaternary nitrogens is 1. The predicted octanol–water partition coefficient (Wildman–Crippen LogP) is 8.49. The van der Waals surface area contributed by atoms with E-state index in [1.165, 1.54) is 33.9 Å². The van der Waals surface area contributed by atoms with Gasteiger partial charge in [0.25, 0.3) is 0 Å². The maximum Gasteiger partial charge on any atom is 0.156 e. The number of para-hydroxylation sites is 2. The van der Waals surface area contributed by atoms with E-state index in [1.54, 1.807) is 0 Å². The zero-order valence-electron chi connectivity index (χ0n) is 14.4. The fourth-order valence-electron chi connectivity index (χ4n) is 4.15. The van der Waals surface area contributed by atoms with E-state index >= 15 is 0 Å². The van der Waals surface area contributed by atoms with Crippen molar-refractivity contribution in [1.82, 2.24) is 4.48 Å². The molecule has 1 aliphatic heterocycles. The molecule has 1 heterocycles. The number of halogens is 2. The van der Waals surface area contributed by atoms with Crippen LogP contribution in [-0.2, 0) is 0 Å². The third kappa shape index (κ3) is 2.46. The van der Waals surface area contributed by atoms with E-state index in [4.69, 9.17) is 0 Å². The van der Waals surface area contributed by atoms with Gasteiger partial charge in [0.1, 0.15) is 11.4 Å². The zero-order valence-corrected chi connectivity index (χ0v) is 17.6. The van der Waals surface area contributed by atoms with Crippen molar-refractivity contribution in [3.8, 4) is 11.1 Å². The van der Waals surface area contributed by atoms with Gasteiger partial charge in [0.2, 0.25) is 0 Å². The summed E-state index contributed by atoms with van der Waals surface area (Å²) in [6.45, 7) is 0. The molecule has 4 aromatic rings. The van der Waals surface area contributed by atoms with Crippen LogP contribution in [0.4, 0.5) is 22.7 Å². The van der Waals surface area contributed by atoms with Crippen LogP contribution in [0.2, 0.25) is 0 Å². The highest BCUT2D eigenvalue weighted by Gasteiger charge is 2.47.